The molecule has 1 aromatic heterocycles. The second-order valence-corrected chi connectivity index (χ2v) is 5.35. The minimum Gasteiger partial charge on any atom is -0.313 e. The fourth-order valence-corrected chi connectivity index (χ4v) is 2.64. The average molecular weight is 323 g/mol. The van der Waals surface area contributed by atoms with Crippen LogP contribution >= 0.6 is 15.9 Å². The molecule has 5 heteroatoms. The van der Waals surface area contributed by atoms with Gasteiger partial charge in [0.2, 0.25) is 0 Å². The molecule has 0 aliphatic rings. The van der Waals surface area contributed by atoms with Crippen molar-refractivity contribution in [2.45, 2.75) is 32.9 Å². The van der Waals surface area contributed by atoms with E-state index in [4.69, 9.17) is 0 Å². The third-order valence-corrected chi connectivity index (χ3v) is 4.27. The number of aryl methyl sites for hydroxylation is 1. The van der Waals surface area contributed by atoms with E-state index in [1.54, 1.807) is 6.33 Å². The van der Waals surface area contributed by atoms with Gasteiger partial charge in [0.1, 0.15) is 12.2 Å². The third kappa shape index (κ3) is 3.04. The van der Waals surface area contributed by atoms with Crippen molar-refractivity contribution in [3.05, 3.63) is 46.0 Å². The molecule has 0 saturated heterocycles. The van der Waals surface area contributed by atoms with Crippen LogP contribution in [0.2, 0.25) is 0 Å². The molecule has 0 aliphatic carbocycles. The predicted octanol–water partition coefficient (Wildman–Crippen LogP) is 2.87. The van der Waals surface area contributed by atoms with Crippen molar-refractivity contribution in [2.75, 3.05) is 7.05 Å². The molecule has 102 valence electrons. The SMILES string of the molecule is CCn1ncnc1CC(NC)c1cccc(Br)c1C. The van der Waals surface area contributed by atoms with Gasteiger partial charge in [-0.05, 0) is 38.1 Å². The highest BCUT2D eigenvalue weighted by atomic mass is 79.9. The monoisotopic (exact) mass is 322 g/mol. The summed E-state index contributed by atoms with van der Waals surface area (Å²) in [6.45, 7) is 5.06. The summed E-state index contributed by atoms with van der Waals surface area (Å²) in [4.78, 5) is 4.35. The summed E-state index contributed by atoms with van der Waals surface area (Å²) >= 11 is 3.59. The van der Waals surface area contributed by atoms with Gasteiger partial charge in [-0.2, -0.15) is 5.10 Å². The molecule has 0 spiro atoms. The van der Waals surface area contributed by atoms with Crippen LogP contribution in [0.1, 0.15) is 29.9 Å². The lowest BCUT2D eigenvalue weighted by atomic mass is 9.98. The smallest absolute Gasteiger partial charge is 0.138 e. The molecule has 0 fully saturated rings. The predicted molar refractivity (Wildman–Crippen MR) is 80.1 cm³/mol. The number of aromatic nitrogens is 3. The second-order valence-electron chi connectivity index (χ2n) is 4.49. The molecule has 1 heterocycles. The molecule has 0 bridgehead atoms. The van der Waals surface area contributed by atoms with Crippen LogP contribution in [-0.4, -0.2) is 21.8 Å². The molecule has 0 aliphatic heterocycles. The van der Waals surface area contributed by atoms with Crippen molar-refractivity contribution in [3.63, 3.8) is 0 Å². The van der Waals surface area contributed by atoms with E-state index >= 15 is 0 Å². The lowest BCUT2D eigenvalue weighted by Gasteiger charge is -2.19. The molecule has 2 aromatic rings. The van der Waals surface area contributed by atoms with Gasteiger partial charge >= 0.3 is 0 Å². The Kier molecular flexibility index (Phi) is 4.71. The Morgan fingerprint density at radius 3 is 2.89 bits per heavy atom. The number of halogens is 1. The maximum absolute atomic E-state index is 4.35. The van der Waals surface area contributed by atoms with Crippen LogP contribution in [0.3, 0.4) is 0 Å². The Hall–Kier alpha value is -1.20. The topological polar surface area (TPSA) is 42.7 Å². The first kappa shape index (κ1) is 14.2. The van der Waals surface area contributed by atoms with E-state index in [0.29, 0.717) is 0 Å². The van der Waals surface area contributed by atoms with Gasteiger partial charge in [-0.1, -0.05) is 28.1 Å². The Bertz CT molecular complexity index is 550. The first-order chi connectivity index (χ1) is 9.17. The van der Waals surface area contributed by atoms with Crippen LogP contribution in [0.5, 0.6) is 0 Å². The van der Waals surface area contributed by atoms with Crippen LogP contribution in [0.25, 0.3) is 0 Å². The zero-order valence-electron chi connectivity index (χ0n) is 11.5. The Labute approximate surface area is 122 Å². The van der Waals surface area contributed by atoms with Crippen LogP contribution in [0, 0.1) is 6.92 Å². The van der Waals surface area contributed by atoms with Gasteiger partial charge in [0.15, 0.2) is 0 Å². The molecular weight excluding hydrogens is 304 g/mol. The van der Waals surface area contributed by atoms with Crippen molar-refractivity contribution in [1.29, 1.82) is 0 Å². The van der Waals surface area contributed by atoms with E-state index in [9.17, 15) is 0 Å². The summed E-state index contributed by atoms with van der Waals surface area (Å²) in [6.07, 6.45) is 2.46. The molecular formula is C14H19BrN4. The van der Waals surface area contributed by atoms with Crippen molar-refractivity contribution < 1.29 is 0 Å². The number of likely N-dealkylation sites (N-methyl/N-ethyl adjacent to an activating group) is 1. The van der Waals surface area contributed by atoms with Gasteiger partial charge in [-0.25, -0.2) is 4.98 Å². The largest absolute Gasteiger partial charge is 0.313 e. The summed E-state index contributed by atoms with van der Waals surface area (Å²) in [5.41, 5.74) is 2.56. The van der Waals surface area contributed by atoms with Crippen LogP contribution in [0.4, 0.5) is 0 Å². The van der Waals surface area contributed by atoms with E-state index in [-0.39, 0.29) is 6.04 Å². The molecule has 1 N–H and O–H groups in total. The van der Waals surface area contributed by atoms with Crippen molar-refractivity contribution in [1.82, 2.24) is 20.1 Å². The Balaban J connectivity index is 2.28. The third-order valence-electron chi connectivity index (χ3n) is 3.42. The number of hydrogen-bond donors (Lipinski definition) is 1. The number of nitrogens with zero attached hydrogens (tertiary/aromatic N) is 3. The standard InChI is InChI=1S/C14H19BrN4/c1-4-19-14(17-9-18-19)8-13(16-3)11-6-5-7-12(15)10(11)2/h5-7,9,13,16H,4,8H2,1-3H3. The van der Waals surface area contributed by atoms with Gasteiger partial charge in [0, 0.05) is 23.5 Å². The zero-order chi connectivity index (χ0) is 13.8. The average Bonchev–Trinajstić information content (AvgIpc) is 2.87. The first-order valence-electron chi connectivity index (χ1n) is 6.46. The van der Waals surface area contributed by atoms with Gasteiger partial charge < -0.3 is 5.32 Å². The Morgan fingerprint density at radius 1 is 1.42 bits per heavy atom. The summed E-state index contributed by atoms with van der Waals surface area (Å²) in [6, 6.07) is 6.54. The van der Waals surface area contributed by atoms with Crippen LogP contribution < -0.4 is 5.32 Å². The summed E-state index contributed by atoms with van der Waals surface area (Å²) in [7, 11) is 1.98. The number of rotatable bonds is 5. The lowest BCUT2D eigenvalue weighted by molar-refractivity contribution is 0.532. The second kappa shape index (κ2) is 6.30. The maximum atomic E-state index is 4.35. The maximum Gasteiger partial charge on any atom is 0.138 e. The fourth-order valence-electron chi connectivity index (χ4n) is 2.26. The fraction of sp³-hybridized carbons (Fsp3) is 0.429. The highest BCUT2D eigenvalue weighted by Crippen LogP contribution is 2.26. The summed E-state index contributed by atoms with van der Waals surface area (Å²) in [5.74, 6) is 1.02. The first-order valence-corrected chi connectivity index (χ1v) is 7.25. The van der Waals surface area contributed by atoms with Crippen molar-refractivity contribution in [2.24, 2.45) is 0 Å². The molecule has 1 aromatic carbocycles. The van der Waals surface area contributed by atoms with E-state index in [0.717, 1.165) is 23.3 Å². The molecule has 1 atom stereocenters. The zero-order valence-corrected chi connectivity index (χ0v) is 13.1. The highest BCUT2D eigenvalue weighted by Gasteiger charge is 2.16. The minimum atomic E-state index is 0.243. The minimum absolute atomic E-state index is 0.243. The van der Waals surface area contributed by atoms with E-state index in [1.165, 1.54) is 11.1 Å². The normalized spacial score (nSPS) is 12.6. The lowest BCUT2D eigenvalue weighted by Crippen LogP contribution is -2.22. The molecule has 4 nitrogen and oxygen atoms in total. The van der Waals surface area contributed by atoms with E-state index < -0.39 is 0 Å². The van der Waals surface area contributed by atoms with Crippen LogP contribution in [-0.2, 0) is 13.0 Å². The number of nitrogens with one attached hydrogen (secondary N) is 1. The highest BCUT2D eigenvalue weighted by molar-refractivity contribution is 9.10. The molecule has 0 radical (unpaired) electrons. The van der Waals surface area contributed by atoms with Crippen LogP contribution in [0.15, 0.2) is 29.0 Å². The molecule has 1 unspecified atom stereocenters. The van der Waals surface area contributed by atoms with Crippen molar-refractivity contribution >= 4 is 15.9 Å². The van der Waals surface area contributed by atoms with E-state index in [1.807, 2.05) is 11.7 Å². The van der Waals surface area contributed by atoms with Gasteiger partial charge in [-0.15, -0.1) is 0 Å². The molecule has 0 saturated carbocycles. The quantitative estimate of drug-likeness (QED) is 0.920. The van der Waals surface area contributed by atoms with Gasteiger partial charge in [0.25, 0.3) is 0 Å². The molecule has 2 rings (SSSR count). The number of benzene rings is 1. The Morgan fingerprint density at radius 2 is 2.21 bits per heavy atom. The van der Waals surface area contributed by atoms with Crippen molar-refractivity contribution in [3.8, 4) is 0 Å². The van der Waals surface area contributed by atoms with Gasteiger partial charge in [0.05, 0.1) is 0 Å². The van der Waals surface area contributed by atoms with Gasteiger partial charge in [-0.3, -0.25) is 4.68 Å². The molecule has 0 amide bonds. The van der Waals surface area contributed by atoms with E-state index in [2.05, 4.69) is 63.4 Å². The summed E-state index contributed by atoms with van der Waals surface area (Å²) in [5, 5.41) is 7.60. The summed E-state index contributed by atoms with van der Waals surface area (Å²) < 4.78 is 3.08. The molecule has 19 heavy (non-hydrogen) atoms. The number of hydrogen-bond acceptors (Lipinski definition) is 3.